The second-order valence-electron chi connectivity index (χ2n) is 4.74. The molecule has 0 spiro atoms. The molecule has 6 heteroatoms. The molecule has 1 fully saturated rings. The fourth-order valence-electron chi connectivity index (χ4n) is 2.40. The van der Waals surface area contributed by atoms with Gasteiger partial charge in [-0.05, 0) is 43.5 Å². The Morgan fingerprint density at radius 3 is 2.42 bits per heavy atom. The smallest absolute Gasteiger partial charge is 0.243 e. The maximum Gasteiger partial charge on any atom is 0.243 e. The zero-order valence-electron chi connectivity index (χ0n) is 11.1. The van der Waals surface area contributed by atoms with Crippen LogP contribution in [-0.2, 0) is 14.8 Å². The van der Waals surface area contributed by atoms with Crippen molar-refractivity contribution in [1.29, 1.82) is 0 Å². The topological polar surface area (TPSA) is 46.6 Å². The Bertz CT molecular complexity index is 540. The van der Waals surface area contributed by atoms with Crippen LogP contribution in [0.1, 0.15) is 17.5 Å². The first kappa shape index (κ1) is 14.4. The number of ether oxygens (including phenoxy) is 1. The van der Waals surface area contributed by atoms with Crippen LogP contribution in [-0.4, -0.2) is 39.0 Å². The van der Waals surface area contributed by atoms with E-state index >= 15 is 0 Å². The molecule has 0 N–H and O–H groups in total. The zero-order valence-corrected chi connectivity index (χ0v) is 12.0. The van der Waals surface area contributed by atoms with Crippen LogP contribution in [0.2, 0.25) is 0 Å². The number of sulfonamides is 1. The minimum absolute atomic E-state index is 0.218. The molecule has 1 aromatic rings. The predicted molar refractivity (Wildman–Crippen MR) is 70.1 cm³/mol. The van der Waals surface area contributed by atoms with E-state index in [0.717, 1.165) is 0 Å². The minimum Gasteiger partial charge on any atom is -0.380 e. The average molecular weight is 287 g/mol. The molecule has 0 unspecified atom stereocenters. The first-order valence-electron chi connectivity index (χ1n) is 6.27. The highest BCUT2D eigenvalue weighted by atomic mass is 32.2. The van der Waals surface area contributed by atoms with Crippen LogP contribution in [0.4, 0.5) is 4.39 Å². The molecular formula is C13H18FNO3S. The number of hydrogen-bond donors (Lipinski definition) is 0. The maximum atomic E-state index is 13.3. The molecule has 19 heavy (non-hydrogen) atoms. The van der Waals surface area contributed by atoms with Crippen LogP contribution in [0.15, 0.2) is 17.0 Å². The van der Waals surface area contributed by atoms with Crippen molar-refractivity contribution in [3.63, 3.8) is 0 Å². The van der Waals surface area contributed by atoms with Crippen LogP contribution < -0.4 is 0 Å². The van der Waals surface area contributed by atoms with Crippen LogP contribution in [0, 0.1) is 19.7 Å². The second-order valence-corrected chi connectivity index (χ2v) is 6.61. The van der Waals surface area contributed by atoms with Gasteiger partial charge in [0.05, 0.1) is 11.5 Å². The van der Waals surface area contributed by atoms with Gasteiger partial charge in [0, 0.05) is 19.7 Å². The van der Waals surface area contributed by atoms with Gasteiger partial charge in [-0.3, -0.25) is 0 Å². The van der Waals surface area contributed by atoms with Crippen molar-refractivity contribution in [2.45, 2.75) is 25.2 Å². The standard InChI is InChI=1S/C13H18FNO3S/c1-10-8-12(14)9-11(2)13(10)19(16,17)15-4-3-6-18-7-5-15/h8-9H,3-7H2,1-2H3. The lowest BCUT2D eigenvalue weighted by molar-refractivity contribution is 0.148. The number of benzene rings is 1. The molecule has 2 rings (SSSR count). The fraction of sp³-hybridized carbons (Fsp3) is 0.538. The van der Waals surface area contributed by atoms with Crippen LogP contribution >= 0.6 is 0 Å². The highest BCUT2D eigenvalue weighted by molar-refractivity contribution is 7.89. The van der Waals surface area contributed by atoms with Gasteiger partial charge >= 0.3 is 0 Å². The van der Waals surface area contributed by atoms with Crippen molar-refractivity contribution in [2.75, 3.05) is 26.3 Å². The summed E-state index contributed by atoms with van der Waals surface area (Å²) in [6, 6.07) is 2.52. The van der Waals surface area contributed by atoms with Gasteiger partial charge in [-0.1, -0.05) is 0 Å². The van der Waals surface area contributed by atoms with E-state index in [2.05, 4.69) is 0 Å². The molecule has 0 bridgehead atoms. The molecule has 0 aliphatic carbocycles. The molecule has 0 saturated carbocycles. The first-order chi connectivity index (χ1) is 8.93. The van der Waals surface area contributed by atoms with Gasteiger partial charge in [0.1, 0.15) is 5.82 Å². The summed E-state index contributed by atoms with van der Waals surface area (Å²) in [5.41, 5.74) is 0.894. The SMILES string of the molecule is Cc1cc(F)cc(C)c1S(=O)(=O)N1CCCOCC1. The van der Waals surface area contributed by atoms with E-state index in [4.69, 9.17) is 4.74 Å². The Kier molecular flexibility index (Phi) is 4.23. The molecule has 1 saturated heterocycles. The zero-order chi connectivity index (χ0) is 14.0. The van der Waals surface area contributed by atoms with E-state index in [1.54, 1.807) is 13.8 Å². The highest BCUT2D eigenvalue weighted by Gasteiger charge is 2.28. The summed E-state index contributed by atoms with van der Waals surface area (Å²) >= 11 is 0. The molecular weight excluding hydrogens is 269 g/mol. The number of halogens is 1. The summed E-state index contributed by atoms with van der Waals surface area (Å²) in [5, 5.41) is 0. The molecule has 0 atom stereocenters. The Morgan fingerprint density at radius 2 is 1.79 bits per heavy atom. The molecule has 0 radical (unpaired) electrons. The fourth-order valence-corrected chi connectivity index (χ4v) is 4.27. The van der Waals surface area contributed by atoms with Gasteiger partial charge in [0.15, 0.2) is 0 Å². The summed E-state index contributed by atoms with van der Waals surface area (Å²) < 4.78 is 45.3. The summed E-state index contributed by atoms with van der Waals surface area (Å²) in [6.07, 6.45) is 0.679. The van der Waals surface area contributed by atoms with E-state index in [0.29, 0.717) is 43.9 Å². The molecule has 1 aliphatic heterocycles. The van der Waals surface area contributed by atoms with E-state index in [1.807, 2.05) is 0 Å². The van der Waals surface area contributed by atoms with Gasteiger partial charge in [0.25, 0.3) is 0 Å². The number of nitrogens with zero attached hydrogens (tertiary/aromatic N) is 1. The van der Waals surface area contributed by atoms with Crippen LogP contribution in [0.25, 0.3) is 0 Å². The van der Waals surface area contributed by atoms with Gasteiger partial charge < -0.3 is 4.74 Å². The summed E-state index contributed by atoms with van der Waals surface area (Å²) in [6.45, 7) is 5.01. The monoisotopic (exact) mass is 287 g/mol. The van der Waals surface area contributed by atoms with Gasteiger partial charge in [-0.2, -0.15) is 4.31 Å². The summed E-state index contributed by atoms with van der Waals surface area (Å²) in [7, 11) is -3.58. The van der Waals surface area contributed by atoms with Crippen molar-refractivity contribution >= 4 is 10.0 Å². The molecule has 0 aromatic heterocycles. The maximum absolute atomic E-state index is 13.3. The summed E-state index contributed by atoms with van der Waals surface area (Å²) in [5.74, 6) is -0.409. The third-order valence-electron chi connectivity index (χ3n) is 3.20. The number of hydrogen-bond acceptors (Lipinski definition) is 3. The normalized spacial score (nSPS) is 18.3. The van der Waals surface area contributed by atoms with Crippen molar-refractivity contribution in [3.8, 4) is 0 Å². The van der Waals surface area contributed by atoms with E-state index in [-0.39, 0.29) is 4.90 Å². The van der Waals surface area contributed by atoms with Crippen molar-refractivity contribution in [3.05, 3.63) is 29.1 Å². The Labute approximate surface area is 113 Å². The van der Waals surface area contributed by atoms with Crippen LogP contribution in [0.5, 0.6) is 0 Å². The van der Waals surface area contributed by atoms with Gasteiger partial charge in [0.2, 0.25) is 10.0 Å². The third kappa shape index (κ3) is 2.96. The highest BCUT2D eigenvalue weighted by Crippen LogP contribution is 2.25. The lowest BCUT2D eigenvalue weighted by Crippen LogP contribution is -2.34. The molecule has 1 aliphatic rings. The molecule has 4 nitrogen and oxygen atoms in total. The average Bonchev–Trinajstić information content (AvgIpc) is 2.55. The quantitative estimate of drug-likeness (QED) is 0.834. The lowest BCUT2D eigenvalue weighted by atomic mass is 10.1. The second kappa shape index (κ2) is 5.56. The van der Waals surface area contributed by atoms with Crippen molar-refractivity contribution < 1.29 is 17.5 Å². The predicted octanol–water partition coefficient (Wildman–Crippen LogP) is 1.85. The lowest BCUT2D eigenvalue weighted by Gasteiger charge is -2.21. The largest absolute Gasteiger partial charge is 0.380 e. The third-order valence-corrected chi connectivity index (χ3v) is 5.41. The van der Waals surface area contributed by atoms with E-state index in [1.165, 1.54) is 16.4 Å². The number of aryl methyl sites for hydroxylation is 2. The van der Waals surface area contributed by atoms with Crippen molar-refractivity contribution in [1.82, 2.24) is 4.31 Å². The van der Waals surface area contributed by atoms with Crippen LogP contribution in [0.3, 0.4) is 0 Å². The van der Waals surface area contributed by atoms with Gasteiger partial charge in [-0.15, -0.1) is 0 Å². The Morgan fingerprint density at radius 1 is 1.16 bits per heavy atom. The molecule has 106 valence electrons. The molecule has 1 heterocycles. The summed E-state index contributed by atoms with van der Waals surface area (Å²) in [4.78, 5) is 0.218. The van der Waals surface area contributed by atoms with E-state index < -0.39 is 15.8 Å². The molecule has 1 aromatic carbocycles. The minimum atomic E-state index is -3.58. The Balaban J connectivity index is 2.44. The Hall–Kier alpha value is -0.980. The first-order valence-corrected chi connectivity index (χ1v) is 7.71. The van der Waals surface area contributed by atoms with Crippen molar-refractivity contribution in [2.24, 2.45) is 0 Å². The van der Waals surface area contributed by atoms with E-state index in [9.17, 15) is 12.8 Å². The van der Waals surface area contributed by atoms with Gasteiger partial charge in [-0.25, -0.2) is 12.8 Å². The molecule has 0 amide bonds. The number of rotatable bonds is 2.